The Morgan fingerprint density at radius 1 is 1.09 bits per heavy atom. The van der Waals surface area contributed by atoms with E-state index < -0.39 is 52.7 Å². The molecule has 11 heteroatoms. The molecular formula is C22H44N2O7Si2. The predicted octanol–water partition coefficient (Wildman–Crippen LogP) is 3.13. The van der Waals surface area contributed by atoms with Crippen LogP contribution in [0.1, 0.15) is 54.9 Å². The second kappa shape index (κ2) is 8.99. The Labute approximate surface area is 200 Å². The minimum Gasteiger partial charge on any atom is -0.414 e. The number of nitrogens with one attached hydrogen (secondary N) is 1. The van der Waals surface area contributed by atoms with Gasteiger partial charge in [0, 0.05) is 6.42 Å². The Balaban J connectivity index is 2.30. The highest BCUT2D eigenvalue weighted by molar-refractivity contribution is 6.74. The highest BCUT2D eigenvalue weighted by atomic mass is 28.4. The zero-order valence-electron chi connectivity index (χ0n) is 22.1. The summed E-state index contributed by atoms with van der Waals surface area (Å²) in [5.41, 5.74) is -2.15. The van der Waals surface area contributed by atoms with Crippen molar-refractivity contribution in [2.24, 2.45) is 0 Å². The average Bonchev–Trinajstić information content (AvgIpc) is 2.98. The molecule has 0 radical (unpaired) electrons. The number of nitrogens with zero attached hydrogens (tertiary/aromatic N) is 1. The maximum atomic E-state index is 12.6. The molecule has 33 heavy (non-hydrogen) atoms. The smallest absolute Gasteiger partial charge is 0.328 e. The maximum absolute atomic E-state index is 12.6. The van der Waals surface area contributed by atoms with Crippen LogP contribution in [-0.2, 0) is 18.4 Å². The van der Waals surface area contributed by atoms with Gasteiger partial charge in [0.1, 0.15) is 12.3 Å². The van der Waals surface area contributed by atoms with Gasteiger partial charge in [-0.1, -0.05) is 41.5 Å². The normalized spacial score (nSPS) is 32.3. The van der Waals surface area contributed by atoms with Crippen LogP contribution in [0.25, 0.3) is 0 Å². The van der Waals surface area contributed by atoms with Gasteiger partial charge in [-0.15, -0.1) is 0 Å². The van der Waals surface area contributed by atoms with Crippen LogP contribution in [0.4, 0.5) is 4.79 Å². The lowest BCUT2D eigenvalue weighted by Crippen LogP contribution is -2.70. The molecule has 2 rings (SSSR count). The van der Waals surface area contributed by atoms with E-state index in [-0.39, 0.29) is 16.2 Å². The molecule has 0 aliphatic carbocycles. The van der Waals surface area contributed by atoms with Crippen molar-refractivity contribution < 1.29 is 33.4 Å². The number of imide groups is 1. The maximum Gasteiger partial charge on any atom is 0.328 e. The third-order valence-corrected chi connectivity index (χ3v) is 16.8. The fourth-order valence-electron chi connectivity index (χ4n) is 3.28. The Bertz CT molecular complexity index is 759. The van der Waals surface area contributed by atoms with Gasteiger partial charge in [0.05, 0.1) is 12.7 Å². The summed E-state index contributed by atoms with van der Waals surface area (Å²) in [6.07, 6.45) is -3.13. The Morgan fingerprint density at radius 2 is 1.61 bits per heavy atom. The standard InChI is InChI=1S/C22H44N2O7Si2/c1-20(2,3)32(8,9)29-13-15-14(31-33(10,11)21(4,5)6)12-16(30-15)24-18(26)22(7,28)17(25)23-19(24)27/h14-16,18,26,28H,12-13H2,1-11H3,(H,23,25,27)/t14-,15+,16+,18+,22+/m0/s1. The number of aliphatic hydroxyl groups is 2. The van der Waals surface area contributed by atoms with Gasteiger partial charge in [-0.3, -0.25) is 15.0 Å². The van der Waals surface area contributed by atoms with Crippen LogP contribution in [0.5, 0.6) is 0 Å². The van der Waals surface area contributed by atoms with Crippen molar-refractivity contribution in [2.75, 3.05) is 6.61 Å². The van der Waals surface area contributed by atoms with Crippen LogP contribution in [-0.4, -0.2) is 80.6 Å². The lowest BCUT2D eigenvalue weighted by molar-refractivity contribution is -0.193. The van der Waals surface area contributed by atoms with Crippen molar-refractivity contribution in [3.05, 3.63) is 0 Å². The molecule has 0 bridgehead atoms. The minimum atomic E-state index is -2.18. The van der Waals surface area contributed by atoms with Gasteiger partial charge >= 0.3 is 6.03 Å². The van der Waals surface area contributed by atoms with Crippen molar-refractivity contribution >= 4 is 28.6 Å². The van der Waals surface area contributed by atoms with Crippen LogP contribution >= 0.6 is 0 Å². The minimum absolute atomic E-state index is 0.0167. The van der Waals surface area contributed by atoms with E-state index in [1.165, 1.54) is 6.92 Å². The number of rotatable bonds is 6. The first kappa shape index (κ1) is 28.4. The van der Waals surface area contributed by atoms with Crippen LogP contribution in [0.2, 0.25) is 36.3 Å². The SMILES string of the molecule is CC(C)(C)[Si](C)(C)OC[C@H]1O[C@@H](N2C(=O)NC(=O)[C@@](C)(O)[C@H]2O)C[C@@H]1O[Si](C)(C)C(C)(C)C. The van der Waals surface area contributed by atoms with E-state index in [0.29, 0.717) is 13.0 Å². The monoisotopic (exact) mass is 504 g/mol. The van der Waals surface area contributed by atoms with E-state index in [1.807, 2.05) is 0 Å². The highest BCUT2D eigenvalue weighted by Gasteiger charge is 2.55. The van der Waals surface area contributed by atoms with Crippen LogP contribution in [0.3, 0.4) is 0 Å². The summed E-state index contributed by atoms with van der Waals surface area (Å²) in [5.74, 6) is -0.943. The van der Waals surface area contributed by atoms with Crippen molar-refractivity contribution in [3.63, 3.8) is 0 Å². The van der Waals surface area contributed by atoms with Crippen molar-refractivity contribution in [2.45, 2.75) is 121 Å². The molecule has 0 aromatic carbocycles. The van der Waals surface area contributed by atoms with E-state index in [1.54, 1.807) is 0 Å². The molecule has 0 saturated carbocycles. The summed E-state index contributed by atoms with van der Waals surface area (Å²) < 4.78 is 19.3. The Kier molecular flexibility index (Phi) is 7.74. The summed E-state index contributed by atoms with van der Waals surface area (Å²) in [6, 6.07) is -0.805. The van der Waals surface area contributed by atoms with E-state index >= 15 is 0 Å². The molecular weight excluding hydrogens is 460 g/mol. The zero-order valence-corrected chi connectivity index (χ0v) is 24.1. The van der Waals surface area contributed by atoms with Gasteiger partial charge in [-0.25, -0.2) is 4.79 Å². The first-order valence-corrected chi connectivity index (χ1v) is 17.4. The lowest BCUT2D eigenvalue weighted by atomic mass is 10.00. The summed E-state index contributed by atoms with van der Waals surface area (Å²) >= 11 is 0. The third-order valence-electron chi connectivity index (χ3n) is 7.84. The third kappa shape index (κ3) is 5.71. The van der Waals surface area contributed by atoms with Gasteiger partial charge in [-0.2, -0.15) is 0 Å². The molecule has 2 heterocycles. The number of hydrogen-bond acceptors (Lipinski definition) is 7. The molecule has 0 aromatic heterocycles. The fourth-order valence-corrected chi connectivity index (χ4v) is 5.66. The number of hydrogen-bond donors (Lipinski definition) is 3. The molecule has 2 fully saturated rings. The second-order valence-corrected chi connectivity index (χ2v) is 22.1. The molecule has 3 amide bonds. The molecule has 0 spiro atoms. The predicted molar refractivity (Wildman–Crippen MR) is 131 cm³/mol. The molecule has 0 unspecified atom stereocenters. The summed E-state index contributed by atoms with van der Waals surface area (Å²) in [5, 5.41) is 23.2. The summed E-state index contributed by atoms with van der Waals surface area (Å²) in [4.78, 5) is 25.6. The van der Waals surface area contributed by atoms with Gasteiger partial charge < -0.3 is 23.8 Å². The first-order chi connectivity index (χ1) is 14.6. The summed E-state index contributed by atoms with van der Waals surface area (Å²) in [6.45, 7) is 23.0. The van der Waals surface area contributed by atoms with E-state index in [9.17, 15) is 19.8 Å². The molecule has 2 saturated heterocycles. The van der Waals surface area contributed by atoms with E-state index in [4.69, 9.17) is 13.6 Å². The van der Waals surface area contributed by atoms with Gasteiger partial charge in [0.25, 0.3) is 5.91 Å². The number of urea groups is 1. The largest absolute Gasteiger partial charge is 0.414 e. The van der Waals surface area contributed by atoms with Crippen molar-refractivity contribution in [1.29, 1.82) is 0 Å². The van der Waals surface area contributed by atoms with Gasteiger partial charge in [0.2, 0.25) is 0 Å². The first-order valence-electron chi connectivity index (χ1n) is 11.6. The number of carbonyl (C=O) groups excluding carboxylic acids is 2. The highest BCUT2D eigenvalue weighted by Crippen LogP contribution is 2.42. The van der Waals surface area contributed by atoms with Crippen molar-refractivity contribution in [3.8, 4) is 0 Å². The topological polar surface area (TPSA) is 118 Å². The molecule has 192 valence electrons. The van der Waals surface area contributed by atoms with Crippen LogP contribution < -0.4 is 5.32 Å². The Hall–Kier alpha value is -0.826. The fraction of sp³-hybridized carbons (Fsp3) is 0.909. The molecule has 5 atom stereocenters. The quantitative estimate of drug-likeness (QED) is 0.476. The average molecular weight is 505 g/mol. The van der Waals surface area contributed by atoms with Crippen molar-refractivity contribution in [1.82, 2.24) is 10.2 Å². The number of carbonyl (C=O) groups is 2. The lowest BCUT2D eigenvalue weighted by Gasteiger charge is -2.42. The zero-order chi connectivity index (χ0) is 25.8. The van der Waals surface area contributed by atoms with Gasteiger partial charge in [-0.05, 0) is 43.2 Å². The number of aliphatic hydroxyl groups excluding tert-OH is 1. The summed E-state index contributed by atoms with van der Waals surface area (Å²) in [7, 11) is -4.25. The van der Waals surface area contributed by atoms with Crippen LogP contribution in [0.15, 0.2) is 0 Å². The number of ether oxygens (including phenoxy) is 1. The molecule has 3 N–H and O–H groups in total. The van der Waals surface area contributed by atoms with E-state index in [0.717, 1.165) is 4.90 Å². The molecule has 2 aliphatic heterocycles. The van der Waals surface area contributed by atoms with Crippen LogP contribution in [0, 0.1) is 0 Å². The molecule has 0 aromatic rings. The second-order valence-electron chi connectivity index (χ2n) is 12.5. The molecule has 2 aliphatic rings. The number of amides is 3. The van der Waals surface area contributed by atoms with E-state index in [2.05, 4.69) is 73.0 Å². The Morgan fingerprint density at radius 3 is 2.09 bits per heavy atom. The molecule has 9 nitrogen and oxygen atoms in total. The van der Waals surface area contributed by atoms with Gasteiger partial charge in [0.15, 0.2) is 28.5 Å².